The van der Waals surface area contributed by atoms with E-state index in [0.717, 1.165) is 37.2 Å². The highest BCUT2D eigenvalue weighted by atomic mass is 16.1. The lowest BCUT2D eigenvalue weighted by Gasteiger charge is -2.43. The summed E-state index contributed by atoms with van der Waals surface area (Å²) in [6, 6.07) is 19.2. The molecule has 1 heterocycles. The molecule has 0 bridgehead atoms. The molecule has 1 spiro atoms. The molecule has 0 amide bonds. The molecule has 3 aromatic rings. The molecule has 1 aromatic heterocycles. The van der Waals surface area contributed by atoms with E-state index < -0.39 is 0 Å². The van der Waals surface area contributed by atoms with Crippen LogP contribution in [-0.4, -0.2) is 9.55 Å². The van der Waals surface area contributed by atoms with Gasteiger partial charge in [-0.1, -0.05) is 73.9 Å². The van der Waals surface area contributed by atoms with Gasteiger partial charge >= 0.3 is 0 Å². The van der Waals surface area contributed by atoms with Crippen molar-refractivity contribution in [1.82, 2.24) is 9.55 Å². The van der Waals surface area contributed by atoms with Crippen molar-refractivity contribution in [1.29, 1.82) is 0 Å². The summed E-state index contributed by atoms with van der Waals surface area (Å²) in [5.41, 5.74) is 6.03. The van der Waals surface area contributed by atoms with E-state index in [1.165, 1.54) is 41.6 Å². The first-order chi connectivity index (χ1) is 14.2. The first-order valence-electron chi connectivity index (χ1n) is 11.0. The van der Waals surface area contributed by atoms with Gasteiger partial charge in [-0.15, -0.1) is 0 Å². The first-order valence-corrected chi connectivity index (χ1v) is 11.0. The number of benzene rings is 2. The Morgan fingerprint density at radius 2 is 1.69 bits per heavy atom. The number of rotatable bonds is 3. The Kier molecular flexibility index (Phi) is 4.61. The molecule has 0 aliphatic heterocycles. The molecule has 5 rings (SSSR count). The third kappa shape index (κ3) is 2.95. The summed E-state index contributed by atoms with van der Waals surface area (Å²) in [5, 5.41) is 0. The average molecular weight is 385 g/mol. The smallest absolute Gasteiger partial charge is 0.277 e. The molecule has 0 saturated heterocycles. The molecule has 0 unspecified atom stereocenters. The quantitative estimate of drug-likeness (QED) is 0.636. The SMILES string of the molecule is CCn1c(Cc2ccccc2)nc(=O)c2c1Cc1ccccc1C21CCCCC1. The van der Waals surface area contributed by atoms with E-state index >= 15 is 0 Å². The number of hydrogen-bond donors (Lipinski definition) is 0. The number of nitrogens with zero attached hydrogens (tertiary/aromatic N) is 2. The fraction of sp³-hybridized carbons (Fsp3) is 0.385. The number of hydrogen-bond acceptors (Lipinski definition) is 2. The molecule has 29 heavy (non-hydrogen) atoms. The zero-order valence-corrected chi connectivity index (χ0v) is 17.2. The van der Waals surface area contributed by atoms with Crippen molar-refractivity contribution >= 4 is 0 Å². The minimum absolute atomic E-state index is 0.00651. The third-order valence-electron chi connectivity index (χ3n) is 6.97. The Labute approximate surface area is 172 Å². The summed E-state index contributed by atoms with van der Waals surface area (Å²) in [7, 11) is 0. The van der Waals surface area contributed by atoms with Gasteiger partial charge in [0.05, 0.1) is 0 Å². The molecule has 2 aliphatic carbocycles. The summed E-state index contributed by atoms with van der Waals surface area (Å²) < 4.78 is 2.33. The highest BCUT2D eigenvalue weighted by Crippen LogP contribution is 2.49. The van der Waals surface area contributed by atoms with E-state index in [0.29, 0.717) is 6.42 Å². The average Bonchev–Trinajstić information content (AvgIpc) is 2.75. The van der Waals surface area contributed by atoms with E-state index in [-0.39, 0.29) is 11.0 Å². The zero-order valence-electron chi connectivity index (χ0n) is 17.2. The summed E-state index contributed by atoms with van der Waals surface area (Å²) in [5.74, 6) is 0.896. The maximum atomic E-state index is 13.5. The molecule has 148 valence electrons. The van der Waals surface area contributed by atoms with Crippen molar-refractivity contribution < 1.29 is 0 Å². The molecule has 1 fully saturated rings. The van der Waals surface area contributed by atoms with Crippen LogP contribution < -0.4 is 5.56 Å². The van der Waals surface area contributed by atoms with Gasteiger partial charge in [0.1, 0.15) is 5.82 Å². The molecule has 0 atom stereocenters. The Bertz CT molecular complexity index is 1090. The fourth-order valence-electron chi connectivity index (χ4n) is 5.73. The molecule has 0 radical (unpaired) electrons. The Morgan fingerprint density at radius 3 is 2.45 bits per heavy atom. The topological polar surface area (TPSA) is 34.9 Å². The Morgan fingerprint density at radius 1 is 0.966 bits per heavy atom. The summed E-state index contributed by atoms with van der Waals surface area (Å²) in [6.07, 6.45) is 7.30. The van der Waals surface area contributed by atoms with Crippen molar-refractivity contribution in [3.05, 3.63) is 98.7 Å². The van der Waals surface area contributed by atoms with Crippen molar-refractivity contribution in [2.75, 3.05) is 0 Å². The minimum Gasteiger partial charge on any atom is -0.333 e. The van der Waals surface area contributed by atoms with Crippen LogP contribution in [0.25, 0.3) is 0 Å². The van der Waals surface area contributed by atoms with Crippen LogP contribution in [0.15, 0.2) is 59.4 Å². The summed E-state index contributed by atoms with van der Waals surface area (Å²) in [4.78, 5) is 18.2. The Balaban J connectivity index is 1.73. The van der Waals surface area contributed by atoms with E-state index in [1.807, 2.05) is 6.07 Å². The molecular weight excluding hydrogens is 356 g/mol. The first kappa shape index (κ1) is 18.4. The fourth-order valence-corrected chi connectivity index (χ4v) is 5.73. The monoisotopic (exact) mass is 384 g/mol. The second-order valence-electron chi connectivity index (χ2n) is 8.54. The molecule has 1 saturated carbocycles. The van der Waals surface area contributed by atoms with Crippen molar-refractivity contribution in [2.45, 2.75) is 63.8 Å². The molecule has 3 nitrogen and oxygen atoms in total. The van der Waals surface area contributed by atoms with Crippen LogP contribution in [0.4, 0.5) is 0 Å². The van der Waals surface area contributed by atoms with Crippen LogP contribution in [0, 0.1) is 0 Å². The van der Waals surface area contributed by atoms with Crippen LogP contribution >= 0.6 is 0 Å². The van der Waals surface area contributed by atoms with Gasteiger partial charge in [0.15, 0.2) is 0 Å². The highest BCUT2D eigenvalue weighted by molar-refractivity contribution is 5.52. The normalized spacial score (nSPS) is 17.0. The summed E-state index contributed by atoms with van der Waals surface area (Å²) in [6.45, 7) is 3.02. The summed E-state index contributed by atoms with van der Waals surface area (Å²) >= 11 is 0. The van der Waals surface area contributed by atoms with Crippen LogP contribution in [0.1, 0.15) is 72.8 Å². The predicted octanol–water partition coefficient (Wildman–Crippen LogP) is 5.01. The highest BCUT2D eigenvalue weighted by Gasteiger charge is 2.44. The van der Waals surface area contributed by atoms with Crippen LogP contribution in [-0.2, 0) is 24.8 Å². The third-order valence-corrected chi connectivity index (χ3v) is 6.97. The molecule has 3 heteroatoms. The van der Waals surface area contributed by atoms with Crippen LogP contribution in [0.5, 0.6) is 0 Å². The second kappa shape index (κ2) is 7.29. The van der Waals surface area contributed by atoms with Gasteiger partial charge in [-0.25, -0.2) is 0 Å². The maximum Gasteiger partial charge on any atom is 0.277 e. The standard InChI is InChI=1S/C26H28N2O/c1-2-28-22-18-20-13-7-8-14-21(20)26(15-9-4-10-16-26)24(22)25(29)27-23(28)17-19-11-5-3-6-12-19/h3,5-8,11-14H,2,4,9-10,15-18H2,1H3. The predicted molar refractivity (Wildman–Crippen MR) is 117 cm³/mol. The zero-order chi connectivity index (χ0) is 19.8. The van der Waals surface area contributed by atoms with E-state index in [4.69, 9.17) is 0 Å². The molecule has 2 aliphatic rings. The largest absolute Gasteiger partial charge is 0.333 e. The van der Waals surface area contributed by atoms with Gasteiger partial charge in [-0.2, -0.15) is 4.98 Å². The number of aromatic nitrogens is 2. The van der Waals surface area contributed by atoms with Crippen molar-refractivity contribution in [3.63, 3.8) is 0 Å². The van der Waals surface area contributed by atoms with Crippen LogP contribution in [0.3, 0.4) is 0 Å². The maximum absolute atomic E-state index is 13.5. The minimum atomic E-state index is -0.144. The molecule has 0 N–H and O–H groups in total. The van der Waals surface area contributed by atoms with Gasteiger partial charge in [0.2, 0.25) is 0 Å². The van der Waals surface area contributed by atoms with Gasteiger partial charge in [-0.05, 0) is 36.5 Å². The van der Waals surface area contributed by atoms with Gasteiger partial charge in [0, 0.05) is 36.1 Å². The van der Waals surface area contributed by atoms with E-state index in [9.17, 15) is 4.79 Å². The van der Waals surface area contributed by atoms with E-state index in [1.54, 1.807) is 0 Å². The molecule has 2 aromatic carbocycles. The second-order valence-corrected chi connectivity index (χ2v) is 8.54. The van der Waals surface area contributed by atoms with E-state index in [2.05, 4.69) is 65.0 Å². The lowest BCUT2D eigenvalue weighted by Crippen LogP contribution is -2.43. The van der Waals surface area contributed by atoms with Crippen LogP contribution in [0.2, 0.25) is 0 Å². The Hall–Kier alpha value is -2.68. The lowest BCUT2D eigenvalue weighted by atomic mass is 9.61. The van der Waals surface area contributed by atoms with Gasteiger partial charge in [-0.3, -0.25) is 4.79 Å². The van der Waals surface area contributed by atoms with Crippen molar-refractivity contribution in [3.8, 4) is 0 Å². The molecular formula is C26H28N2O. The van der Waals surface area contributed by atoms with Gasteiger partial charge in [0.25, 0.3) is 5.56 Å². The van der Waals surface area contributed by atoms with Crippen molar-refractivity contribution in [2.24, 2.45) is 0 Å². The number of fused-ring (bicyclic) bond motifs is 4. The lowest BCUT2D eigenvalue weighted by molar-refractivity contribution is 0.330. The van der Waals surface area contributed by atoms with Gasteiger partial charge < -0.3 is 4.57 Å².